The first kappa shape index (κ1) is 13.3. The monoisotopic (exact) mass is 254 g/mol. The first-order chi connectivity index (χ1) is 9.25. The molecule has 1 aliphatic rings. The van der Waals surface area contributed by atoms with Gasteiger partial charge in [-0.15, -0.1) is 0 Å². The number of H-pyrrole nitrogens is 1. The summed E-state index contributed by atoms with van der Waals surface area (Å²) in [7, 11) is 0. The van der Waals surface area contributed by atoms with Crippen LogP contribution in [0.3, 0.4) is 0 Å². The number of aromatic amines is 1. The normalized spacial score (nSPS) is 23.1. The predicted molar refractivity (Wildman–Crippen MR) is 77.5 cm³/mol. The number of nitrogens with one attached hydrogen (secondary N) is 1. The van der Waals surface area contributed by atoms with Crippen LogP contribution >= 0.6 is 0 Å². The number of Topliss-reactive ketones (excluding diaryl/α,β-unsaturated/α-hetero) is 1. The summed E-state index contributed by atoms with van der Waals surface area (Å²) in [5.74, 6) is 0.167. The molecule has 0 saturated carbocycles. The average Bonchev–Trinajstić information content (AvgIpc) is 2.88. The lowest BCUT2D eigenvalue weighted by atomic mass is 9.99. The van der Waals surface area contributed by atoms with Gasteiger partial charge in [0.15, 0.2) is 5.78 Å². The number of hydrogen-bond donors (Lipinski definition) is 1. The molecule has 1 aliphatic carbocycles. The maximum atomic E-state index is 12.1. The lowest BCUT2D eigenvalue weighted by molar-refractivity contribution is -0.114. The number of imidazole rings is 1. The smallest absolute Gasteiger partial charge is 0.162 e. The molecule has 0 radical (unpaired) electrons. The van der Waals surface area contributed by atoms with E-state index in [1.807, 2.05) is 30.4 Å². The van der Waals surface area contributed by atoms with Crippen molar-refractivity contribution in [2.45, 2.75) is 25.7 Å². The number of nitrogens with zero attached hydrogens (tertiary/aromatic N) is 1. The Balaban J connectivity index is 2.16. The van der Waals surface area contributed by atoms with Gasteiger partial charge < -0.3 is 4.98 Å². The van der Waals surface area contributed by atoms with Crippen molar-refractivity contribution in [3.05, 3.63) is 60.2 Å². The molecule has 0 aliphatic heterocycles. The minimum Gasteiger partial charge on any atom is -0.351 e. The number of allylic oxidation sites excluding steroid dienone is 6. The van der Waals surface area contributed by atoms with Gasteiger partial charge in [0.1, 0.15) is 0 Å². The van der Waals surface area contributed by atoms with Crippen LogP contribution in [0.25, 0.3) is 6.08 Å². The highest BCUT2D eigenvalue weighted by atomic mass is 16.1. The molecule has 0 aromatic carbocycles. The molecule has 0 saturated heterocycles. The van der Waals surface area contributed by atoms with Crippen molar-refractivity contribution in [3.8, 4) is 0 Å². The molecule has 1 aromatic rings. The second kappa shape index (κ2) is 6.69. The van der Waals surface area contributed by atoms with Crippen LogP contribution in [0, 0.1) is 0 Å². The van der Waals surface area contributed by atoms with E-state index in [1.54, 1.807) is 12.5 Å². The van der Waals surface area contributed by atoms with Crippen LogP contribution in [0.5, 0.6) is 0 Å². The zero-order chi connectivity index (χ0) is 13.5. The van der Waals surface area contributed by atoms with Crippen LogP contribution in [-0.4, -0.2) is 15.8 Å². The van der Waals surface area contributed by atoms with Gasteiger partial charge in [-0.1, -0.05) is 36.5 Å². The summed E-state index contributed by atoms with van der Waals surface area (Å²) in [5.41, 5.74) is 2.74. The third-order valence-corrected chi connectivity index (χ3v) is 3.03. The SMILES string of the molecule is C=C1/C=C\C=C/CC(=O)/C(=C/c2c[nH]cn2)CCC1. The maximum absolute atomic E-state index is 12.1. The first-order valence-corrected chi connectivity index (χ1v) is 6.49. The number of carbonyl (C=O) groups is 1. The summed E-state index contributed by atoms with van der Waals surface area (Å²) >= 11 is 0. The minimum atomic E-state index is 0.167. The molecule has 0 fully saturated rings. The number of ketones is 1. The Hall–Kier alpha value is -2.16. The topological polar surface area (TPSA) is 45.8 Å². The van der Waals surface area contributed by atoms with Crippen molar-refractivity contribution in [2.24, 2.45) is 0 Å². The number of carbonyl (C=O) groups excluding carboxylic acids is 1. The maximum Gasteiger partial charge on any atom is 0.162 e. The molecule has 0 unspecified atom stereocenters. The molecule has 1 aromatic heterocycles. The van der Waals surface area contributed by atoms with Crippen LogP contribution in [-0.2, 0) is 4.79 Å². The zero-order valence-electron chi connectivity index (χ0n) is 10.9. The highest BCUT2D eigenvalue weighted by Gasteiger charge is 2.09. The summed E-state index contributed by atoms with van der Waals surface area (Å²) in [5, 5.41) is 0. The fraction of sp³-hybridized carbons (Fsp3) is 0.250. The van der Waals surface area contributed by atoms with E-state index in [-0.39, 0.29) is 5.78 Å². The van der Waals surface area contributed by atoms with E-state index >= 15 is 0 Å². The van der Waals surface area contributed by atoms with Crippen molar-refractivity contribution >= 4 is 11.9 Å². The second-order valence-corrected chi connectivity index (χ2v) is 4.59. The van der Waals surface area contributed by atoms with Crippen molar-refractivity contribution in [1.29, 1.82) is 0 Å². The highest BCUT2D eigenvalue weighted by molar-refractivity contribution is 6.00. The van der Waals surface area contributed by atoms with E-state index < -0.39 is 0 Å². The zero-order valence-corrected chi connectivity index (χ0v) is 10.9. The Morgan fingerprint density at radius 3 is 3.00 bits per heavy atom. The molecule has 19 heavy (non-hydrogen) atoms. The van der Waals surface area contributed by atoms with Crippen LogP contribution in [0.4, 0.5) is 0 Å². The second-order valence-electron chi connectivity index (χ2n) is 4.59. The van der Waals surface area contributed by atoms with Gasteiger partial charge in [0.2, 0.25) is 0 Å². The molecular formula is C16H18N2O. The molecule has 98 valence electrons. The van der Waals surface area contributed by atoms with E-state index in [4.69, 9.17) is 0 Å². The molecule has 1 N–H and O–H groups in total. The summed E-state index contributed by atoms with van der Waals surface area (Å²) < 4.78 is 0. The van der Waals surface area contributed by atoms with E-state index in [0.29, 0.717) is 6.42 Å². The Morgan fingerprint density at radius 1 is 1.32 bits per heavy atom. The summed E-state index contributed by atoms with van der Waals surface area (Å²) in [4.78, 5) is 19.2. The summed E-state index contributed by atoms with van der Waals surface area (Å²) in [6.07, 6.45) is 16.1. The predicted octanol–water partition coefficient (Wildman–Crippen LogP) is 3.60. The Morgan fingerprint density at radius 2 is 2.21 bits per heavy atom. The first-order valence-electron chi connectivity index (χ1n) is 6.49. The average molecular weight is 254 g/mol. The van der Waals surface area contributed by atoms with Crippen LogP contribution in [0.2, 0.25) is 0 Å². The van der Waals surface area contributed by atoms with Crippen molar-refractivity contribution in [3.63, 3.8) is 0 Å². The third-order valence-electron chi connectivity index (χ3n) is 3.03. The molecule has 0 amide bonds. The van der Waals surface area contributed by atoms with Crippen LogP contribution in [0.15, 0.2) is 54.6 Å². The fourth-order valence-corrected chi connectivity index (χ4v) is 1.99. The highest BCUT2D eigenvalue weighted by Crippen LogP contribution is 2.18. The van der Waals surface area contributed by atoms with Gasteiger partial charge in [-0.3, -0.25) is 4.79 Å². The molecular weight excluding hydrogens is 236 g/mol. The Labute approximate surface area is 113 Å². The van der Waals surface area contributed by atoms with Gasteiger partial charge in [0.25, 0.3) is 0 Å². The summed E-state index contributed by atoms with van der Waals surface area (Å²) in [6, 6.07) is 0. The van der Waals surface area contributed by atoms with Gasteiger partial charge in [-0.2, -0.15) is 0 Å². The Bertz CT molecular complexity index is 533. The van der Waals surface area contributed by atoms with Gasteiger partial charge in [0.05, 0.1) is 12.0 Å². The van der Waals surface area contributed by atoms with E-state index in [0.717, 1.165) is 36.1 Å². The van der Waals surface area contributed by atoms with Crippen LogP contribution < -0.4 is 0 Å². The molecule has 0 bridgehead atoms. The quantitative estimate of drug-likeness (QED) is 0.778. The lowest BCUT2D eigenvalue weighted by Gasteiger charge is -2.05. The largest absolute Gasteiger partial charge is 0.351 e. The molecule has 3 nitrogen and oxygen atoms in total. The fourth-order valence-electron chi connectivity index (χ4n) is 1.99. The Kier molecular flexibility index (Phi) is 4.67. The molecule has 1 heterocycles. The number of aromatic nitrogens is 2. The minimum absolute atomic E-state index is 0.167. The standard InChI is InChI=1S/C16H18N2O/c1-13-6-3-2-4-9-16(19)14(8-5-7-13)10-15-11-17-12-18-15/h2-4,6,10-12H,1,5,7-9H2,(H,17,18)/b4-2-,6-3-,14-10+. The van der Waals surface area contributed by atoms with Crippen molar-refractivity contribution in [2.75, 3.05) is 0 Å². The number of hydrogen-bond acceptors (Lipinski definition) is 2. The lowest BCUT2D eigenvalue weighted by Crippen LogP contribution is -2.01. The molecule has 3 heteroatoms. The van der Waals surface area contributed by atoms with Gasteiger partial charge in [-0.25, -0.2) is 4.98 Å². The van der Waals surface area contributed by atoms with E-state index in [2.05, 4.69) is 16.5 Å². The van der Waals surface area contributed by atoms with Gasteiger partial charge >= 0.3 is 0 Å². The van der Waals surface area contributed by atoms with Crippen LogP contribution in [0.1, 0.15) is 31.4 Å². The molecule has 0 spiro atoms. The van der Waals surface area contributed by atoms with Crippen molar-refractivity contribution in [1.82, 2.24) is 9.97 Å². The third kappa shape index (κ3) is 4.21. The summed E-state index contributed by atoms with van der Waals surface area (Å²) in [6.45, 7) is 4.00. The van der Waals surface area contributed by atoms with Gasteiger partial charge in [-0.05, 0) is 30.9 Å². The molecule has 2 rings (SSSR count). The van der Waals surface area contributed by atoms with Crippen molar-refractivity contribution < 1.29 is 4.79 Å². The van der Waals surface area contributed by atoms with E-state index in [1.165, 1.54) is 0 Å². The van der Waals surface area contributed by atoms with Gasteiger partial charge in [0, 0.05) is 12.6 Å². The van der Waals surface area contributed by atoms with E-state index in [9.17, 15) is 4.79 Å². The molecule has 0 atom stereocenters. The number of rotatable bonds is 1.